The number of anilines is 3. The van der Waals surface area contributed by atoms with E-state index in [0.717, 1.165) is 78.6 Å². The van der Waals surface area contributed by atoms with E-state index in [4.69, 9.17) is 9.47 Å². The fraction of sp³-hybridized carbons (Fsp3) is 0.0870. The number of benzene rings is 7. The summed E-state index contributed by atoms with van der Waals surface area (Å²) in [5.74, 6) is 3.54. The molecule has 0 aliphatic carbocycles. The van der Waals surface area contributed by atoms with Gasteiger partial charge in [-0.25, -0.2) is 0 Å². The highest BCUT2D eigenvalue weighted by Gasteiger charge is 2.41. The fourth-order valence-corrected chi connectivity index (χ4v) is 7.97. The Morgan fingerprint density at radius 1 is 0.490 bits per heavy atom. The standard InChI is InChI=1S/C46H35BN2O2/c1-46(2,3)30-25-43-45-44(26-30)51-42-28-36-35-24-23-34(48(31-15-7-4-8-16-31)32-17-9-5-10-18-32)27-39(35)49(33-19-11-6-12-20-33)40(36)29-38(42)47(45)37-21-13-14-22-41(37)50-43/h4-29H,1-3H3. The van der Waals surface area contributed by atoms with Crippen LogP contribution >= 0.6 is 0 Å². The normalized spacial score (nSPS) is 12.9. The highest BCUT2D eigenvalue weighted by molar-refractivity contribution is 6.98. The number of aromatic nitrogens is 1. The van der Waals surface area contributed by atoms with Gasteiger partial charge in [0.05, 0.1) is 11.0 Å². The van der Waals surface area contributed by atoms with Crippen molar-refractivity contribution in [3.05, 3.63) is 163 Å². The molecule has 0 amide bonds. The van der Waals surface area contributed by atoms with Crippen molar-refractivity contribution in [1.82, 2.24) is 4.57 Å². The maximum atomic E-state index is 6.93. The lowest BCUT2D eigenvalue weighted by atomic mass is 9.34. The van der Waals surface area contributed by atoms with E-state index in [-0.39, 0.29) is 12.1 Å². The minimum Gasteiger partial charge on any atom is -0.458 e. The molecule has 0 radical (unpaired) electrons. The van der Waals surface area contributed by atoms with Crippen molar-refractivity contribution in [2.45, 2.75) is 26.2 Å². The molecule has 0 saturated carbocycles. The van der Waals surface area contributed by atoms with Gasteiger partial charge >= 0.3 is 0 Å². The van der Waals surface area contributed by atoms with Gasteiger partial charge in [-0.15, -0.1) is 0 Å². The number of hydrogen-bond acceptors (Lipinski definition) is 3. The molecular formula is C46H35BN2O2. The summed E-state index contributed by atoms with van der Waals surface area (Å²) >= 11 is 0. The van der Waals surface area contributed by atoms with Crippen molar-refractivity contribution in [2.75, 3.05) is 4.90 Å². The fourth-order valence-electron chi connectivity index (χ4n) is 7.97. The molecule has 8 aromatic rings. The minimum atomic E-state index is -0.0663. The molecule has 2 aliphatic rings. The van der Waals surface area contributed by atoms with Gasteiger partial charge in [0.25, 0.3) is 6.71 Å². The summed E-state index contributed by atoms with van der Waals surface area (Å²) in [4.78, 5) is 2.32. The Bertz CT molecular complexity index is 2590. The highest BCUT2D eigenvalue weighted by Crippen LogP contribution is 2.43. The van der Waals surface area contributed by atoms with Gasteiger partial charge < -0.3 is 18.9 Å². The molecule has 7 aromatic carbocycles. The topological polar surface area (TPSA) is 26.6 Å². The Morgan fingerprint density at radius 3 is 1.75 bits per heavy atom. The molecule has 10 rings (SSSR count). The number of rotatable bonds is 4. The molecular weight excluding hydrogens is 623 g/mol. The molecule has 0 bridgehead atoms. The molecule has 0 atom stereocenters. The molecule has 0 N–H and O–H groups in total. The molecule has 0 spiro atoms. The molecule has 0 fully saturated rings. The van der Waals surface area contributed by atoms with Crippen LogP contribution in [0.25, 0.3) is 27.5 Å². The first-order chi connectivity index (χ1) is 24.9. The Morgan fingerprint density at radius 2 is 1.08 bits per heavy atom. The third-order valence-electron chi connectivity index (χ3n) is 10.4. The zero-order valence-electron chi connectivity index (χ0n) is 28.8. The largest absolute Gasteiger partial charge is 0.458 e. The SMILES string of the molecule is CC(C)(C)c1cc2c3c(c1)Oc1cc4c5ccc(N(c6ccccc6)c6ccccc6)cc5n(-c5ccccc5)c4cc1B3c1ccccc1O2. The van der Waals surface area contributed by atoms with E-state index < -0.39 is 0 Å². The van der Waals surface area contributed by atoms with Crippen LogP contribution in [0, 0.1) is 0 Å². The monoisotopic (exact) mass is 658 g/mol. The van der Waals surface area contributed by atoms with Gasteiger partial charge in [0.2, 0.25) is 0 Å². The summed E-state index contributed by atoms with van der Waals surface area (Å²) in [7, 11) is 0. The van der Waals surface area contributed by atoms with E-state index in [1.807, 2.05) is 0 Å². The second kappa shape index (κ2) is 11.2. The van der Waals surface area contributed by atoms with E-state index in [1.165, 1.54) is 10.9 Å². The van der Waals surface area contributed by atoms with Crippen molar-refractivity contribution in [1.29, 1.82) is 0 Å². The number of nitrogens with zero attached hydrogens (tertiary/aromatic N) is 2. The second-order valence-electron chi connectivity index (χ2n) is 14.6. The van der Waals surface area contributed by atoms with Crippen LogP contribution in [0.5, 0.6) is 23.0 Å². The van der Waals surface area contributed by atoms with Crippen molar-refractivity contribution in [2.24, 2.45) is 0 Å². The van der Waals surface area contributed by atoms with Gasteiger partial charge in [-0.2, -0.15) is 0 Å². The van der Waals surface area contributed by atoms with E-state index in [1.54, 1.807) is 0 Å². The molecule has 5 heteroatoms. The number of ether oxygens (including phenoxy) is 2. The maximum absolute atomic E-state index is 6.93. The second-order valence-corrected chi connectivity index (χ2v) is 14.6. The van der Waals surface area contributed by atoms with Gasteiger partial charge in [-0.1, -0.05) is 99.6 Å². The first kappa shape index (κ1) is 29.7. The van der Waals surface area contributed by atoms with E-state index in [0.29, 0.717) is 0 Å². The van der Waals surface area contributed by atoms with Crippen molar-refractivity contribution in [3.8, 4) is 28.7 Å². The van der Waals surface area contributed by atoms with Crippen LogP contribution in [0.2, 0.25) is 0 Å². The first-order valence-corrected chi connectivity index (χ1v) is 17.6. The van der Waals surface area contributed by atoms with Gasteiger partial charge in [0.15, 0.2) is 0 Å². The van der Waals surface area contributed by atoms with Crippen LogP contribution in [0.15, 0.2) is 158 Å². The number of hydrogen-bond donors (Lipinski definition) is 0. The molecule has 244 valence electrons. The summed E-state index contributed by atoms with van der Waals surface area (Å²) in [6.45, 7) is 6.68. The van der Waals surface area contributed by atoms with Crippen LogP contribution < -0.4 is 30.8 Å². The smallest absolute Gasteiger partial charge is 0.260 e. The van der Waals surface area contributed by atoms with Crippen LogP contribution in [0.3, 0.4) is 0 Å². The third kappa shape index (κ3) is 4.69. The van der Waals surface area contributed by atoms with E-state index in [9.17, 15) is 0 Å². The van der Waals surface area contributed by atoms with Crippen LogP contribution in [0.1, 0.15) is 26.3 Å². The lowest BCUT2D eigenvalue weighted by molar-refractivity contribution is 0.459. The third-order valence-corrected chi connectivity index (χ3v) is 10.4. The maximum Gasteiger partial charge on any atom is 0.260 e. The first-order valence-electron chi connectivity index (χ1n) is 17.6. The molecule has 0 unspecified atom stereocenters. The summed E-state index contributed by atoms with van der Waals surface area (Å²) in [6.07, 6.45) is 0. The zero-order valence-corrected chi connectivity index (χ0v) is 28.8. The summed E-state index contributed by atoms with van der Waals surface area (Å²) < 4.78 is 16.0. The zero-order chi connectivity index (χ0) is 34.3. The van der Waals surface area contributed by atoms with Crippen molar-refractivity contribution < 1.29 is 9.47 Å². The van der Waals surface area contributed by atoms with Crippen molar-refractivity contribution in [3.63, 3.8) is 0 Å². The van der Waals surface area contributed by atoms with Gasteiger partial charge in [-0.05, 0) is 101 Å². The van der Waals surface area contributed by atoms with E-state index in [2.05, 4.69) is 188 Å². The lowest BCUT2D eigenvalue weighted by Gasteiger charge is -2.34. The predicted octanol–water partition coefficient (Wildman–Crippen LogP) is 10.3. The average molecular weight is 659 g/mol. The number of fused-ring (bicyclic) bond motifs is 7. The lowest BCUT2D eigenvalue weighted by Crippen LogP contribution is -2.57. The Labute approximate surface area is 298 Å². The summed E-state index contributed by atoms with van der Waals surface area (Å²) in [5, 5.41) is 2.33. The van der Waals surface area contributed by atoms with Crippen molar-refractivity contribution >= 4 is 62.0 Å². The minimum absolute atomic E-state index is 0.0217. The summed E-state index contributed by atoms with van der Waals surface area (Å²) in [6, 6.07) is 56.2. The van der Waals surface area contributed by atoms with Crippen LogP contribution in [-0.2, 0) is 5.41 Å². The summed E-state index contributed by atoms with van der Waals surface area (Å²) in [5.41, 5.74) is 11.2. The Kier molecular flexibility index (Phi) is 6.50. The highest BCUT2D eigenvalue weighted by atomic mass is 16.5. The quantitative estimate of drug-likeness (QED) is 0.176. The predicted molar refractivity (Wildman–Crippen MR) is 212 cm³/mol. The molecule has 0 saturated heterocycles. The molecule has 51 heavy (non-hydrogen) atoms. The Balaban J connectivity index is 1.25. The Hall–Kier alpha value is -6.20. The van der Waals surface area contributed by atoms with Crippen LogP contribution in [0.4, 0.5) is 17.1 Å². The van der Waals surface area contributed by atoms with Crippen LogP contribution in [-0.4, -0.2) is 11.3 Å². The average Bonchev–Trinajstić information content (AvgIpc) is 3.47. The molecule has 1 aromatic heterocycles. The molecule has 2 aliphatic heterocycles. The van der Waals surface area contributed by atoms with Gasteiger partial charge in [0, 0.05) is 39.0 Å². The molecule has 4 nitrogen and oxygen atoms in total. The van der Waals surface area contributed by atoms with E-state index >= 15 is 0 Å². The molecule has 3 heterocycles. The van der Waals surface area contributed by atoms with Gasteiger partial charge in [0.1, 0.15) is 23.0 Å². The number of para-hydroxylation sites is 4. The van der Waals surface area contributed by atoms with Gasteiger partial charge in [-0.3, -0.25) is 0 Å².